The van der Waals surface area contributed by atoms with E-state index < -0.39 is 0 Å². The number of fused-ring (bicyclic) bond motifs is 1. The molecule has 1 N–H and O–H groups in total. The first-order chi connectivity index (χ1) is 10.1. The van der Waals surface area contributed by atoms with Gasteiger partial charge in [0.1, 0.15) is 0 Å². The SMILES string of the molecule is CCCNC(c1cccc2ccccc12)C(C)(C)OCC. The molecule has 2 heteroatoms. The molecule has 0 aliphatic rings. The second-order valence-corrected chi connectivity index (χ2v) is 5.99. The van der Waals surface area contributed by atoms with Crippen LogP contribution in [-0.2, 0) is 4.74 Å². The molecule has 114 valence electrons. The maximum atomic E-state index is 6.03. The zero-order valence-corrected chi connectivity index (χ0v) is 13.6. The normalized spacial score (nSPS) is 13.5. The predicted octanol–water partition coefficient (Wildman–Crippen LogP) is 4.70. The lowest BCUT2D eigenvalue weighted by atomic mass is 9.88. The van der Waals surface area contributed by atoms with Crippen molar-refractivity contribution >= 4 is 10.8 Å². The molecule has 0 heterocycles. The maximum Gasteiger partial charge on any atom is 0.0820 e. The van der Waals surface area contributed by atoms with Crippen molar-refractivity contribution in [2.45, 2.75) is 45.8 Å². The van der Waals surface area contributed by atoms with Gasteiger partial charge in [0.25, 0.3) is 0 Å². The molecule has 0 bridgehead atoms. The van der Waals surface area contributed by atoms with Crippen LogP contribution in [0, 0.1) is 0 Å². The summed E-state index contributed by atoms with van der Waals surface area (Å²) >= 11 is 0. The standard InChI is InChI=1S/C19H27NO/c1-5-14-20-18(19(3,4)21-6-2)17-13-9-11-15-10-7-8-12-16(15)17/h7-13,18,20H,5-6,14H2,1-4H3. The molecule has 2 aromatic carbocycles. The number of ether oxygens (including phenoxy) is 1. The van der Waals surface area contributed by atoms with Crippen molar-refractivity contribution in [1.82, 2.24) is 5.32 Å². The highest BCUT2D eigenvalue weighted by Crippen LogP contribution is 2.33. The van der Waals surface area contributed by atoms with Crippen molar-refractivity contribution in [1.29, 1.82) is 0 Å². The van der Waals surface area contributed by atoms with E-state index in [1.54, 1.807) is 0 Å². The van der Waals surface area contributed by atoms with Gasteiger partial charge >= 0.3 is 0 Å². The molecule has 0 aliphatic heterocycles. The average Bonchev–Trinajstić information content (AvgIpc) is 2.47. The van der Waals surface area contributed by atoms with Crippen LogP contribution in [0.25, 0.3) is 10.8 Å². The van der Waals surface area contributed by atoms with E-state index in [0.717, 1.165) is 19.6 Å². The van der Waals surface area contributed by atoms with E-state index in [9.17, 15) is 0 Å². The molecule has 21 heavy (non-hydrogen) atoms. The third kappa shape index (κ3) is 3.63. The Balaban J connectivity index is 2.48. The van der Waals surface area contributed by atoms with Gasteiger partial charge in [-0.3, -0.25) is 0 Å². The Labute approximate surface area is 128 Å². The van der Waals surface area contributed by atoms with E-state index in [2.05, 4.69) is 75.5 Å². The van der Waals surface area contributed by atoms with Gasteiger partial charge in [-0.25, -0.2) is 0 Å². The fourth-order valence-electron chi connectivity index (χ4n) is 2.98. The second kappa shape index (κ2) is 7.06. The Bertz CT molecular complexity index is 571. The van der Waals surface area contributed by atoms with Gasteiger partial charge in [-0.2, -0.15) is 0 Å². The Kier molecular flexibility index (Phi) is 5.38. The lowest BCUT2D eigenvalue weighted by Gasteiger charge is -2.36. The van der Waals surface area contributed by atoms with Crippen LogP contribution in [0.2, 0.25) is 0 Å². The number of hydrogen-bond acceptors (Lipinski definition) is 2. The molecule has 0 saturated carbocycles. The molecule has 0 spiro atoms. The van der Waals surface area contributed by atoms with Gasteiger partial charge in [0.15, 0.2) is 0 Å². The minimum Gasteiger partial charge on any atom is -0.374 e. The molecule has 2 aromatic rings. The average molecular weight is 285 g/mol. The summed E-state index contributed by atoms with van der Waals surface area (Å²) in [7, 11) is 0. The van der Waals surface area contributed by atoms with Crippen LogP contribution in [0.1, 0.15) is 45.7 Å². The zero-order valence-electron chi connectivity index (χ0n) is 13.6. The fourth-order valence-corrected chi connectivity index (χ4v) is 2.98. The van der Waals surface area contributed by atoms with Crippen LogP contribution in [0.4, 0.5) is 0 Å². The number of nitrogens with one attached hydrogen (secondary N) is 1. The Hall–Kier alpha value is -1.38. The summed E-state index contributed by atoms with van der Waals surface area (Å²) in [5.74, 6) is 0. The highest BCUT2D eigenvalue weighted by Gasteiger charge is 2.31. The summed E-state index contributed by atoms with van der Waals surface area (Å²) in [5, 5.41) is 6.27. The van der Waals surface area contributed by atoms with Crippen LogP contribution in [-0.4, -0.2) is 18.8 Å². The first kappa shape index (κ1) is 16.0. The lowest BCUT2D eigenvalue weighted by molar-refractivity contribution is -0.0388. The van der Waals surface area contributed by atoms with Crippen molar-refractivity contribution in [3.63, 3.8) is 0 Å². The third-order valence-electron chi connectivity index (χ3n) is 3.94. The van der Waals surface area contributed by atoms with E-state index >= 15 is 0 Å². The lowest BCUT2D eigenvalue weighted by Crippen LogP contribution is -2.42. The van der Waals surface area contributed by atoms with E-state index in [0.29, 0.717) is 0 Å². The fraction of sp³-hybridized carbons (Fsp3) is 0.474. The Morgan fingerprint density at radius 3 is 2.48 bits per heavy atom. The van der Waals surface area contributed by atoms with Crippen molar-refractivity contribution in [2.75, 3.05) is 13.2 Å². The molecule has 1 unspecified atom stereocenters. The van der Waals surface area contributed by atoms with E-state index in [-0.39, 0.29) is 11.6 Å². The minimum absolute atomic E-state index is 0.184. The summed E-state index contributed by atoms with van der Waals surface area (Å²) < 4.78 is 6.03. The summed E-state index contributed by atoms with van der Waals surface area (Å²) in [6.07, 6.45) is 1.11. The molecule has 0 aliphatic carbocycles. The Morgan fingerprint density at radius 2 is 1.76 bits per heavy atom. The molecule has 0 saturated heterocycles. The van der Waals surface area contributed by atoms with Gasteiger partial charge < -0.3 is 10.1 Å². The smallest absolute Gasteiger partial charge is 0.0820 e. The van der Waals surface area contributed by atoms with Crippen LogP contribution in [0.5, 0.6) is 0 Å². The highest BCUT2D eigenvalue weighted by atomic mass is 16.5. The minimum atomic E-state index is -0.242. The predicted molar refractivity (Wildman–Crippen MR) is 90.7 cm³/mol. The molecule has 0 amide bonds. The van der Waals surface area contributed by atoms with Crippen molar-refractivity contribution in [3.8, 4) is 0 Å². The molecular formula is C19H27NO. The number of rotatable bonds is 7. The first-order valence-electron chi connectivity index (χ1n) is 7.95. The van der Waals surface area contributed by atoms with Gasteiger partial charge in [-0.1, -0.05) is 49.4 Å². The van der Waals surface area contributed by atoms with Gasteiger partial charge in [-0.05, 0) is 50.1 Å². The van der Waals surface area contributed by atoms with E-state index in [1.807, 2.05) is 0 Å². The van der Waals surface area contributed by atoms with Gasteiger partial charge in [0.05, 0.1) is 11.6 Å². The van der Waals surface area contributed by atoms with E-state index in [1.165, 1.54) is 16.3 Å². The van der Waals surface area contributed by atoms with Gasteiger partial charge in [-0.15, -0.1) is 0 Å². The highest BCUT2D eigenvalue weighted by molar-refractivity contribution is 5.86. The van der Waals surface area contributed by atoms with Gasteiger partial charge in [0.2, 0.25) is 0 Å². The monoisotopic (exact) mass is 285 g/mol. The largest absolute Gasteiger partial charge is 0.374 e. The summed E-state index contributed by atoms with van der Waals surface area (Å²) in [6.45, 7) is 10.3. The molecular weight excluding hydrogens is 258 g/mol. The van der Waals surface area contributed by atoms with Crippen molar-refractivity contribution in [2.24, 2.45) is 0 Å². The molecule has 0 radical (unpaired) electrons. The van der Waals surface area contributed by atoms with Crippen LogP contribution in [0.15, 0.2) is 42.5 Å². The van der Waals surface area contributed by atoms with Crippen LogP contribution in [0.3, 0.4) is 0 Å². The van der Waals surface area contributed by atoms with Crippen LogP contribution < -0.4 is 5.32 Å². The van der Waals surface area contributed by atoms with Crippen molar-refractivity contribution in [3.05, 3.63) is 48.0 Å². The number of hydrogen-bond donors (Lipinski definition) is 1. The second-order valence-electron chi connectivity index (χ2n) is 5.99. The van der Waals surface area contributed by atoms with E-state index in [4.69, 9.17) is 4.74 Å². The maximum absolute atomic E-state index is 6.03. The molecule has 2 nitrogen and oxygen atoms in total. The molecule has 0 aromatic heterocycles. The summed E-state index contributed by atoms with van der Waals surface area (Å²) in [6, 6.07) is 15.3. The molecule has 1 atom stereocenters. The van der Waals surface area contributed by atoms with Crippen LogP contribution >= 0.6 is 0 Å². The zero-order chi connectivity index (χ0) is 15.3. The summed E-state index contributed by atoms with van der Waals surface area (Å²) in [5.41, 5.74) is 1.08. The first-order valence-corrected chi connectivity index (χ1v) is 7.95. The molecule has 0 fully saturated rings. The Morgan fingerprint density at radius 1 is 1.05 bits per heavy atom. The third-order valence-corrected chi connectivity index (χ3v) is 3.94. The molecule has 2 rings (SSSR count). The quantitative estimate of drug-likeness (QED) is 0.796. The van der Waals surface area contributed by atoms with Crippen molar-refractivity contribution < 1.29 is 4.74 Å². The van der Waals surface area contributed by atoms with Gasteiger partial charge in [0, 0.05) is 6.61 Å². The summed E-state index contributed by atoms with van der Waals surface area (Å²) in [4.78, 5) is 0. The number of benzene rings is 2. The topological polar surface area (TPSA) is 21.3 Å².